The van der Waals surface area contributed by atoms with Crippen molar-refractivity contribution in [3.8, 4) is 5.75 Å². The van der Waals surface area contributed by atoms with Gasteiger partial charge in [0.05, 0.1) is 5.56 Å². The van der Waals surface area contributed by atoms with Crippen molar-refractivity contribution < 1.29 is 9.53 Å². The molecule has 0 heterocycles. The van der Waals surface area contributed by atoms with Gasteiger partial charge in [0.1, 0.15) is 18.2 Å². The number of nitrogen functional groups attached to an aromatic ring is 1. The van der Waals surface area contributed by atoms with Gasteiger partial charge in [-0.3, -0.25) is 10.2 Å². The second-order valence-corrected chi connectivity index (χ2v) is 6.13. The number of ketones is 1. The summed E-state index contributed by atoms with van der Waals surface area (Å²) < 4.78 is 5.91. The van der Waals surface area contributed by atoms with E-state index in [1.807, 2.05) is 42.5 Å². The molecule has 136 valence electrons. The summed E-state index contributed by atoms with van der Waals surface area (Å²) in [5.74, 6) is 0.185. The van der Waals surface area contributed by atoms with E-state index in [0.29, 0.717) is 35.6 Å². The number of carbonyl (C=O) groups is 1. The quantitative estimate of drug-likeness (QED) is 0.342. The van der Waals surface area contributed by atoms with E-state index in [2.05, 4.69) is 0 Å². The maximum Gasteiger partial charge on any atom is 0.196 e. The van der Waals surface area contributed by atoms with Crippen LogP contribution in [0.4, 0.5) is 0 Å². The van der Waals surface area contributed by atoms with Crippen molar-refractivity contribution in [2.45, 2.75) is 13.2 Å². The van der Waals surface area contributed by atoms with E-state index in [-0.39, 0.29) is 11.6 Å². The van der Waals surface area contributed by atoms with E-state index in [9.17, 15) is 4.79 Å². The SMILES string of the molecule is N=C(N)c1ccc(OCc2ccc(CN)cc2)c(C(=O)c2ccccc2)c1. The zero-order valence-electron chi connectivity index (χ0n) is 14.8. The minimum absolute atomic E-state index is 0.0963. The van der Waals surface area contributed by atoms with Crippen LogP contribution in [0.5, 0.6) is 5.75 Å². The molecule has 0 aliphatic heterocycles. The van der Waals surface area contributed by atoms with Crippen LogP contribution in [-0.2, 0) is 13.2 Å². The van der Waals surface area contributed by atoms with Crippen molar-refractivity contribution in [2.24, 2.45) is 11.5 Å². The van der Waals surface area contributed by atoms with Crippen molar-refractivity contribution in [3.05, 3.63) is 101 Å². The molecule has 0 aliphatic rings. The molecule has 3 aromatic carbocycles. The van der Waals surface area contributed by atoms with Crippen LogP contribution in [0.25, 0.3) is 0 Å². The maximum absolute atomic E-state index is 12.9. The van der Waals surface area contributed by atoms with Gasteiger partial charge in [0.25, 0.3) is 0 Å². The smallest absolute Gasteiger partial charge is 0.196 e. The minimum atomic E-state index is -0.174. The maximum atomic E-state index is 12.9. The molecule has 0 bridgehead atoms. The topological polar surface area (TPSA) is 102 Å². The second-order valence-electron chi connectivity index (χ2n) is 6.13. The van der Waals surface area contributed by atoms with Crippen LogP contribution in [0.1, 0.15) is 32.6 Å². The molecule has 3 aromatic rings. The monoisotopic (exact) mass is 359 g/mol. The Morgan fingerprint density at radius 1 is 0.889 bits per heavy atom. The number of rotatable bonds is 7. The Kier molecular flexibility index (Phi) is 5.64. The summed E-state index contributed by atoms with van der Waals surface area (Å²) in [6.45, 7) is 0.808. The molecule has 0 saturated heterocycles. The van der Waals surface area contributed by atoms with Crippen molar-refractivity contribution in [3.63, 3.8) is 0 Å². The Morgan fingerprint density at radius 2 is 1.56 bits per heavy atom. The van der Waals surface area contributed by atoms with Gasteiger partial charge in [-0.1, -0.05) is 54.6 Å². The first-order valence-corrected chi connectivity index (χ1v) is 8.57. The molecule has 0 saturated carbocycles. The number of hydrogen-bond acceptors (Lipinski definition) is 4. The molecule has 0 atom stereocenters. The van der Waals surface area contributed by atoms with Crippen LogP contribution in [-0.4, -0.2) is 11.6 Å². The number of amidine groups is 1. The van der Waals surface area contributed by atoms with E-state index < -0.39 is 0 Å². The van der Waals surface area contributed by atoms with Crippen molar-refractivity contribution >= 4 is 11.6 Å². The van der Waals surface area contributed by atoms with Gasteiger partial charge in [-0.25, -0.2) is 0 Å². The van der Waals surface area contributed by atoms with E-state index in [1.165, 1.54) is 0 Å². The van der Waals surface area contributed by atoms with Gasteiger partial charge in [0.2, 0.25) is 0 Å². The lowest BCUT2D eigenvalue weighted by Gasteiger charge is -2.13. The van der Waals surface area contributed by atoms with Crippen LogP contribution in [0.3, 0.4) is 0 Å². The van der Waals surface area contributed by atoms with Gasteiger partial charge in [-0.2, -0.15) is 0 Å². The van der Waals surface area contributed by atoms with E-state index >= 15 is 0 Å². The Bertz CT molecular complexity index is 951. The lowest BCUT2D eigenvalue weighted by molar-refractivity contribution is 0.103. The van der Waals surface area contributed by atoms with Gasteiger partial charge in [-0.05, 0) is 29.3 Å². The Balaban J connectivity index is 1.89. The predicted octanol–water partition coefficient (Wildman–Crippen LogP) is 3.24. The van der Waals surface area contributed by atoms with Gasteiger partial charge in [-0.15, -0.1) is 0 Å². The molecular formula is C22H21N3O2. The molecule has 0 spiro atoms. The number of carbonyl (C=O) groups excluding carboxylic acids is 1. The summed E-state index contributed by atoms with van der Waals surface area (Å²) in [5.41, 5.74) is 14.6. The second kappa shape index (κ2) is 8.29. The molecule has 0 aliphatic carbocycles. The molecule has 0 radical (unpaired) electrons. The fraction of sp³-hybridized carbons (Fsp3) is 0.0909. The fourth-order valence-electron chi connectivity index (χ4n) is 2.68. The summed E-state index contributed by atoms with van der Waals surface area (Å²) in [6.07, 6.45) is 0. The molecule has 27 heavy (non-hydrogen) atoms. The summed E-state index contributed by atoms with van der Waals surface area (Å²) in [5, 5.41) is 7.64. The van der Waals surface area contributed by atoms with Crippen LogP contribution >= 0.6 is 0 Å². The largest absolute Gasteiger partial charge is 0.488 e. The third-order valence-corrected chi connectivity index (χ3v) is 4.22. The van der Waals surface area contributed by atoms with Crippen molar-refractivity contribution in [1.29, 1.82) is 5.41 Å². The predicted molar refractivity (Wildman–Crippen MR) is 106 cm³/mol. The summed E-state index contributed by atoms with van der Waals surface area (Å²) in [6, 6.07) is 21.7. The average Bonchev–Trinajstić information content (AvgIpc) is 2.72. The average molecular weight is 359 g/mol. The van der Waals surface area contributed by atoms with Gasteiger partial charge < -0.3 is 16.2 Å². The highest BCUT2D eigenvalue weighted by molar-refractivity contribution is 6.12. The van der Waals surface area contributed by atoms with Gasteiger partial charge in [0, 0.05) is 17.7 Å². The molecule has 0 fully saturated rings. The first-order valence-electron chi connectivity index (χ1n) is 8.57. The Hall–Kier alpha value is -3.44. The molecule has 0 unspecified atom stereocenters. The van der Waals surface area contributed by atoms with Gasteiger partial charge >= 0.3 is 0 Å². The number of hydrogen-bond donors (Lipinski definition) is 3. The molecule has 0 amide bonds. The van der Waals surface area contributed by atoms with E-state index in [4.69, 9.17) is 21.6 Å². The van der Waals surface area contributed by atoms with E-state index in [0.717, 1.165) is 11.1 Å². The van der Waals surface area contributed by atoms with Crippen LogP contribution < -0.4 is 16.2 Å². The third-order valence-electron chi connectivity index (χ3n) is 4.22. The number of ether oxygens (including phenoxy) is 1. The highest BCUT2D eigenvalue weighted by Gasteiger charge is 2.16. The first-order chi connectivity index (χ1) is 13.1. The first kappa shape index (κ1) is 18.4. The highest BCUT2D eigenvalue weighted by atomic mass is 16.5. The van der Waals surface area contributed by atoms with Crippen molar-refractivity contribution in [2.75, 3.05) is 0 Å². The standard InChI is InChI=1S/C22H21N3O2/c23-13-15-6-8-16(9-7-15)14-27-20-11-10-18(22(24)25)12-19(20)21(26)17-4-2-1-3-5-17/h1-12H,13-14,23H2,(H3,24,25). The molecule has 5 heteroatoms. The van der Waals surface area contributed by atoms with Gasteiger partial charge in [0.15, 0.2) is 5.78 Å². The number of nitrogens with one attached hydrogen (secondary N) is 1. The minimum Gasteiger partial charge on any atom is -0.488 e. The zero-order chi connectivity index (χ0) is 19.2. The molecule has 5 N–H and O–H groups in total. The molecular weight excluding hydrogens is 338 g/mol. The third kappa shape index (κ3) is 4.40. The molecule has 5 nitrogen and oxygen atoms in total. The zero-order valence-corrected chi connectivity index (χ0v) is 14.8. The molecule has 3 rings (SSSR count). The van der Waals surface area contributed by atoms with Crippen LogP contribution in [0.2, 0.25) is 0 Å². The fourth-order valence-corrected chi connectivity index (χ4v) is 2.68. The highest BCUT2D eigenvalue weighted by Crippen LogP contribution is 2.24. The summed E-state index contributed by atoms with van der Waals surface area (Å²) in [7, 11) is 0. The molecule has 0 aromatic heterocycles. The van der Waals surface area contributed by atoms with Crippen molar-refractivity contribution in [1.82, 2.24) is 0 Å². The lowest BCUT2D eigenvalue weighted by Crippen LogP contribution is -2.13. The Morgan fingerprint density at radius 3 is 2.19 bits per heavy atom. The number of benzene rings is 3. The summed E-state index contributed by atoms with van der Waals surface area (Å²) >= 11 is 0. The Labute approximate surface area is 158 Å². The number of nitrogens with two attached hydrogens (primary N) is 2. The summed E-state index contributed by atoms with van der Waals surface area (Å²) in [4.78, 5) is 12.9. The van der Waals surface area contributed by atoms with E-state index in [1.54, 1.807) is 30.3 Å². The van der Waals surface area contributed by atoms with Crippen LogP contribution in [0.15, 0.2) is 72.8 Å². The normalized spacial score (nSPS) is 10.4. The lowest BCUT2D eigenvalue weighted by atomic mass is 10.00. The van der Waals surface area contributed by atoms with Crippen LogP contribution in [0, 0.1) is 5.41 Å².